The van der Waals surface area contributed by atoms with E-state index in [1.54, 1.807) is 24.3 Å². The van der Waals surface area contributed by atoms with Crippen LogP contribution in [0.15, 0.2) is 36.4 Å². The van der Waals surface area contributed by atoms with Crippen molar-refractivity contribution in [2.75, 3.05) is 17.6 Å². The van der Waals surface area contributed by atoms with Gasteiger partial charge in [-0.05, 0) is 72.4 Å². The van der Waals surface area contributed by atoms with Gasteiger partial charge in [-0.3, -0.25) is 9.52 Å². The molecule has 0 unspecified atom stereocenters. The molecule has 1 amide bonds. The van der Waals surface area contributed by atoms with Gasteiger partial charge < -0.3 is 10.4 Å². The predicted octanol–water partition coefficient (Wildman–Crippen LogP) is 4.67. The Morgan fingerprint density at radius 2 is 2.03 bits per heavy atom. The third-order valence-corrected chi connectivity index (χ3v) is 8.29. The molecule has 0 fully saturated rings. The molecule has 1 aliphatic carbocycles. The molecule has 0 saturated heterocycles. The van der Waals surface area contributed by atoms with Gasteiger partial charge >= 0.3 is 0 Å². The zero-order valence-corrected chi connectivity index (χ0v) is 22.2. The molecule has 1 aliphatic rings. The monoisotopic (exact) mass is 515 g/mol. The Balaban J connectivity index is 1.56. The number of carbonyl (C=O) groups excluding carboxylic acids is 1. The lowest BCUT2D eigenvalue weighted by Crippen LogP contribution is -2.28. The second-order valence-electron chi connectivity index (χ2n) is 10.4. The molecule has 2 atom stereocenters. The van der Waals surface area contributed by atoms with E-state index in [9.17, 15) is 18.3 Å². The van der Waals surface area contributed by atoms with E-state index in [2.05, 4.69) is 36.9 Å². The lowest BCUT2D eigenvalue weighted by atomic mass is 9.71. The summed E-state index contributed by atoms with van der Waals surface area (Å²) in [7, 11) is -3.42. The van der Waals surface area contributed by atoms with Crippen molar-refractivity contribution < 1.29 is 18.3 Å². The Kier molecular flexibility index (Phi) is 7.22. The SMILES string of the molecule is CC(C)(C)[C@H]1CCc2nc3sc(C(=O)N[C@H](CCO)c4cccc(NS(C)(=O)=O)c4)cc3cc2C1. The Labute approximate surface area is 211 Å². The van der Waals surface area contributed by atoms with Crippen molar-refractivity contribution in [2.24, 2.45) is 11.3 Å². The van der Waals surface area contributed by atoms with Crippen molar-refractivity contribution in [3.63, 3.8) is 0 Å². The average Bonchev–Trinajstić information content (AvgIpc) is 3.18. The van der Waals surface area contributed by atoms with E-state index in [0.29, 0.717) is 28.5 Å². The largest absolute Gasteiger partial charge is 0.396 e. The van der Waals surface area contributed by atoms with E-state index in [1.807, 2.05) is 6.07 Å². The lowest BCUT2D eigenvalue weighted by Gasteiger charge is -2.34. The molecule has 2 heterocycles. The number of sulfonamides is 1. The van der Waals surface area contributed by atoms with Crippen LogP contribution in [0.2, 0.25) is 0 Å². The molecule has 4 rings (SSSR count). The molecular formula is C26H33N3O4S2. The van der Waals surface area contributed by atoms with E-state index >= 15 is 0 Å². The highest BCUT2D eigenvalue weighted by molar-refractivity contribution is 7.92. The number of thiophene rings is 1. The molecular weight excluding hydrogens is 482 g/mol. The third kappa shape index (κ3) is 6.20. The summed E-state index contributed by atoms with van der Waals surface area (Å²) in [5.41, 5.74) is 3.79. The van der Waals surface area contributed by atoms with Crippen LogP contribution in [0.1, 0.15) is 66.1 Å². The zero-order valence-electron chi connectivity index (χ0n) is 20.6. The molecule has 1 aromatic carbocycles. The first kappa shape index (κ1) is 25.6. The Morgan fingerprint density at radius 1 is 1.26 bits per heavy atom. The summed E-state index contributed by atoms with van der Waals surface area (Å²) in [6.07, 6.45) is 4.49. The van der Waals surface area contributed by atoms with Gasteiger partial charge in [0.2, 0.25) is 10.0 Å². The van der Waals surface area contributed by atoms with E-state index in [1.165, 1.54) is 16.9 Å². The van der Waals surface area contributed by atoms with Gasteiger partial charge in [-0.2, -0.15) is 0 Å². The van der Waals surface area contributed by atoms with Crippen molar-refractivity contribution in [2.45, 2.75) is 52.5 Å². The Morgan fingerprint density at radius 3 is 2.71 bits per heavy atom. The molecule has 3 N–H and O–H groups in total. The molecule has 0 saturated carbocycles. The van der Waals surface area contributed by atoms with Gasteiger partial charge in [0.05, 0.1) is 17.2 Å². The first-order valence-electron chi connectivity index (χ1n) is 11.8. The van der Waals surface area contributed by atoms with Crippen molar-refractivity contribution in [3.8, 4) is 0 Å². The second kappa shape index (κ2) is 9.87. The minimum absolute atomic E-state index is 0.121. The van der Waals surface area contributed by atoms with E-state index in [0.717, 1.165) is 41.4 Å². The number of carbonyl (C=O) groups is 1. The number of rotatable bonds is 7. The first-order chi connectivity index (χ1) is 16.4. The predicted molar refractivity (Wildman–Crippen MR) is 141 cm³/mol. The highest BCUT2D eigenvalue weighted by atomic mass is 32.2. The number of aryl methyl sites for hydroxylation is 1. The van der Waals surface area contributed by atoms with Gasteiger partial charge in [0, 0.05) is 23.4 Å². The molecule has 35 heavy (non-hydrogen) atoms. The van der Waals surface area contributed by atoms with Gasteiger partial charge in [0.25, 0.3) is 5.91 Å². The highest BCUT2D eigenvalue weighted by Crippen LogP contribution is 2.38. The molecule has 2 aromatic heterocycles. The number of fused-ring (bicyclic) bond motifs is 2. The molecule has 188 valence electrons. The molecule has 0 spiro atoms. The number of aromatic nitrogens is 1. The fraction of sp³-hybridized carbons (Fsp3) is 0.462. The summed E-state index contributed by atoms with van der Waals surface area (Å²) in [4.78, 5) is 19.5. The van der Waals surface area contributed by atoms with E-state index < -0.39 is 16.1 Å². The topological polar surface area (TPSA) is 108 Å². The van der Waals surface area contributed by atoms with Crippen molar-refractivity contribution in [1.82, 2.24) is 10.3 Å². The standard InChI is InChI=1S/C26H33N3O4S2/c1-26(2,3)19-8-9-21-17(13-19)12-18-15-23(34-25(18)28-21)24(31)27-22(10-11-30)16-6-5-7-20(14-16)29-35(4,32)33/h5-7,12,14-15,19,22,29-30H,8-11,13H2,1-4H3,(H,27,31)/t19-,22+/m0/s1. The van der Waals surface area contributed by atoms with Crippen molar-refractivity contribution in [1.29, 1.82) is 0 Å². The number of aliphatic hydroxyl groups excluding tert-OH is 1. The normalized spacial score (nSPS) is 17.1. The second-order valence-corrected chi connectivity index (χ2v) is 13.2. The fourth-order valence-corrected chi connectivity index (χ4v) is 6.18. The van der Waals surface area contributed by atoms with Crippen molar-refractivity contribution in [3.05, 3.63) is 58.1 Å². The maximum atomic E-state index is 13.2. The number of amides is 1. The van der Waals surface area contributed by atoms with Gasteiger partial charge in [-0.25, -0.2) is 13.4 Å². The number of hydrogen-bond donors (Lipinski definition) is 3. The summed E-state index contributed by atoms with van der Waals surface area (Å²) in [5.74, 6) is 0.376. The smallest absolute Gasteiger partial charge is 0.261 e. The van der Waals surface area contributed by atoms with Gasteiger partial charge in [-0.15, -0.1) is 11.3 Å². The summed E-state index contributed by atoms with van der Waals surface area (Å²) >= 11 is 1.37. The van der Waals surface area contributed by atoms with Crippen LogP contribution < -0.4 is 10.0 Å². The zero-order chi connectivity index (χ0) is 25.4. The van der Waals surface area contributed by atoms with Crippen LogP contribution in [-0.4, -0.2) is 37.3 Å². The molecule has 7 nitrogen and oxygen atoms in total. The van der Waals surface area contributed by atoms with Crippen LogP contribution in [0, 0.1) is 11.3 Å². The van der Waals surface area contributed by atoms with Crippen LogP contribution in [0.25, 0.3) is 10.2 Å². The fourth-order valence-electron chi connectivity index (χ4n) is 4.69. The number of benzene rings is 1. The first-order valence-corrected chi connectivity index (χ1v) is 14.6. The Bertz CT molecular complexity index is 1340. The summed E-state index contributed by atoms with van der Waals surface area (Å²) in [6, 6.07) is 10.5. The molecule has 0 radical (unpaired) electrons. The molecule has 0 aliphatic heterocycles. The van der Waals surface area contributed by atoms with E-state index in [4.69, 9.17) is 4.98 Å². The number of aliphatic hydroxyl groups is 1. The van der Waals surface area contributed by atoms with Crippen LogP contribution in [0.5, 0.6) is 0 Å². The number of hydrogen-bond acceptors (Lipinski definition) is 6. The number of nitrogens with zero attached hydrogens (tertiary/aromatic N) is 1. The van der Waals surface area contributed by atoms with Crippen LogP contribution in [0.3, 0.4) is 0 Å². The minimum Gasteiger partial charge on any atom is -0.396 e. The molecule has 3 aromatic rings. The summed E-state index contributed by atoms with van der Waals surface area (Å²) in [5, 5.41) is 13.6. The number of anilines is 1. The van der Waals surface area contributed by atoms with Gasteiger partial charge in [-0.1, -0.05) is 32.9 Å². The van der Waals surface area contributed by atoms with Crippen LogP contribution >= 0.6 is 11.3 Å². The number of pyridine rings is 1. The number of nitrogens with one attached hydrogen (secondary N) is 2. The summed E-state index contributed by atoms with van der Waals surface area (Å²) in [6.45, 7) is 6.75. The third-order valence-electron chi connectivity index (χ3n) is 6.64. The highest BCUT2D eigenvalue weighted by Gasteiger charge is 2.30. The van der Waals surface area contributed by atoms with Gasteiger partial charge in [0.15, 0.2) is 0 Å². The molecule has 0 bridgehead atoms. The maximum Gasteiger partial charge on any atom is 0.261 e. The van der Waals surface area contributed by atoms with Gasteiger partial charge in [0.1, 0.15) is 4.83 Å². The molecule has 9 heteroatoms. The van der Waals surface area contributed by atoms with Crippen LogP contribution in [-0.2, 0) is 22.9 Å². The Hall–Kier alpha value is -2.49. The maximum absolute atomic E-state index is 13.2. The van der Waals surface area contributed by atoms with Crippen LogP contribution in [0.4, 0.5) is 5.69 Å². The summed E-state index contributed by atoms with van der Waals surface area (Å²) < 4.78 is 25.6. The average molecular weight is 516 g/mol. The lowest BCUT2D eigenvalue weighted by molar-refractivity contribution is 0.0934. The van der Waals surface area contributed by atoms with E-state index in [-0.39, 0.29) is 17.9 Å². The van der Waals surface area contributed by atoms with Crippen molar-refractivity contribution >= 4 is 43.2 Å². The minimum atomic E-state index is -3.42. The quantitative estimate of drug-likeness (QED) is 0.424.